The Labute approximate surface area is 108 Å². The van der Waals surface area contributed by atoms with Crippen molar-refractivity contribution in [1.82, 2.24) is 4.90 Å². The third kappa shape index (κ3) is 3.70. The molecule has 1 rings (SSSR count). The summed E-state index contributed by atoms with van der Waals surface area (Å²) in [5, 5.41) is 8.96. The molecule has 0 aromatic rings. The summed E-state index contributed by atoms with van der Waals surface area (Å²) < 4.78 is 5.01. The normalized spacial score (nSPS) is 23.3. The minimum atomic E-state index is -0.779. The van der Waals surface area contributed by atoms with E-state index in [0.717, 1.165) is 0 Å². The molecule has 1 fully saturated rings. The van der Waals surface area contributed by atoms with Crippen molar-refractivity contribution in [3.8, 4) is 0 Å². The van der Waals surface area contributed by atoms with Crippen molar-refractivity contribution in [3.05, 3.63) is 0 Å². The lowest BCUT2D eigenvalue weighted by molar-refractivity contribution is -0.142. The molecule has 1 amide bonds. The standard InChI is InChI=1S/C13H23NO4/c1-9(2)14(6-7-18-3)12(15)10-4-5-11(8-10)13(16)17/h9-11H,4-8H2,1-3H3,(H,16,17)/t10-,11+/m1/s1. The van der Waals surface area contributed by atoms with Gasteiger partial charge in [-0.05, 0) is 33.1 Å². The fourth-order valence-corrected chi connectivity index (χ4v) is 2.48. The van der Waals surface area contributed by atoms with Crippen LogP contribution in [0.2, 0.25) is 0 Å². The van der Waals surface area contributed by atoms with Gasteiger partial charge in [0.15, 0.2) is 0 Å². The van der Waals surface area contributed by atoms with E-state index in [4.69, 9.17) is 9.84 Å². The maximum atomic E-state index is 12.3. The quantitative estimate of drug-likeness (QED) is 0.780. The fraction of sp³-hybridized carbons (Fsp3) is 0.846. The molecule has 0 aromatic heterocycles. The highest BCUT2D eigenvalue weighted by Crippen LogP contribution is 2.32. The maximum Gasteiger partial charge on any atom is 0.306 e. The first-order valence-electron chi connectivity index (χ1n) is 6.49. The molecule has 18 heavy (non-hydrogen) atoms. The molecule has 0 unspecified atom stereocenters. The van der Waals surface area contributed by atoms with Gasteiger partial charge >= 0.3 is 5.97 Å². The van der Waals surface area contributed by atoms with Crippen LogP contribution < -0.4 is 0 Å². The largest absolute Gasteiger partial charge is 0.481 e. The highest BCUT2D eigenvalue weighted by Gasteiger charge is 2.36. The van der Waals surface area contributed by atoms with Crippen molar-refractivity contribution in [2.45, 2.75) is 39.2 Å². The van der Waals surface area contributed by atoms with Crippen LogP contribution in [0.25, 0.3) is 0 Å². The Hall–Kier alpha value is -1.10. The van der Waals surface area contributed by atoms with Gasteiger partial charge in [0.1, 0.15) is 0 Å². The van der Waals surface area contributed by atoms with E-state index in [1.165, 1.54) is 0 Å². The zero-order chi connectivity index (χ0) is 13.7. The molecule has 1 N–H and O–H groups in total. The van der Waals surface area contributed by atoms with E-state index in [0.29, 0.717) is 32.4 Å². The van der Waals surface area contributed by atoms with Gasteiger partial charge in [0, 0.05) is 25.6 Å². The van der Waals surface area contributed by atoms with Crippen LogP contribution in [0.1, 0.15) is 33.1 Å². The summed E-state index contributed by atoms with van der Waals surface area (Å²) in [4.78, 5) is 25.0. The number of rotatable bonds is 6. The van der Waals surface area contributed by atoms with Gasteiger partial charge in [-0.15, -0.1) is 0 Å². The average Bonchev–Trinajstić information content (AvgIpc) is 2.78. The van der Waals surface area contributed by atoms with Crippen LogP contribution in [0.5, 0.6) is 0 Å². The lowest BCUT2D eigenvalue weighted by Crippen LogP contribution is -2.42. The molecule has 1 saturated carbocycles. The van der Waals surface area contributed by atoms with Crippen molar-refractivity contribution < 1.29 is 19.4 Å². The van der Waals surface area contributed by atoms with Gasteiger partial charge in [-0.25, -0.2) is 0 Å². The maximum absolute atomic E-state index is 12.3. The van der Waals surface area contributed by atoms with Crippen molar-refractivity contribution in [1.29, 1.82) is 0 Å². The third-order valence-electron chi connectivity index (χ3n) is 3.57. The van der Waals surface area contributed by atoms with E-state index >= 15 is 0 Å². The Morgan fingerprint density at radius 1 is 1.33 bits per heavy atom. The van der Waals surface area contributed by atoms with E-state index in [2.05, 4.69) is 0 Å². The second-order valence-electron chi connectivity index (χ2n) is 5.16. The summed E-state index contributed by atoms with van der Waals surface area (Å²) in [5.41, 5.74) is 0. The zero-order valence-electron chi connectivity index (χ0n) is 11.4. The fourth-order valence-electron chi connectivity index (χ4n) is 2.48. The molecule has 5 nitrogen and oxygen atoms in total. The number of carboxylic acids is 1. The second kappa shape index (κ2) is 6.73. The third-order valence-corrected chi connectivity index (χ3v) is 3.57. The van der Waals surface area contributed by atoms with Crippen LogP contribution in [0.3, 0.4) is 0 Å². The number of hydrogen-bond donors (Lipinski definition) is 1. The number of carbonyl (C=O) groups is 2. The summed E-state index contributed by atoms with van der Waals surface area (Å²) >= 11 is 0. The minimum absolute atomic E-state index is 0.0748. The van der Waals surface area contributed by atoms with E-state index in [1.807, 2.05) is 13.8 Å². The van der Waals surface area contributed by atoms with Crippen LogP contribution in [-0.4, -0.2) is 48.2 Å². The van der Waals surface area contributed by atoms with E-state index < -0.39 is 5.97 Å². The van der Waals surface area contributed by atoms with Gasteiger partial charge in [-0.1, -0.05) is 0 Å². The van der Waals surface area contributed by atoms with Gasteiger partial charge < -0.3 is 14.7 Å². The highest BCUT2D eigenvalue weighted by molar-refractivity contribution is 5.81. The molecule has 1 aliphatic carbocycles. The first kappa shape index (κ1) is 15.0. The number of hydrogen-bond acceptors (Lipinski definition) is 3. The van der Waals surface area contributed by atoms with Gasteiger partial charge in [0.25, 0.3) is 0 Å². The van der Waals surface area contributed by atoms with Crippen molar-refractivity contribution >= 4 is 11.9 Å². The molecule has 0 bridgehead atoms. The molecule has 5 heteroatoms. The lowest BCUT2D eigenvalue weighted by atomic mass is 10.0. The molecule has 0 radical (unpaired) electrons. The van der Waals surface area contributed by atoms with E-state index in [9.17, 15) is 9.59 Å². The average molecular weight is 257 g/mol. The van der Waals surface area contributed by atoms with Crippen LogP contribution in [-0.2, 0) is 14.3 Å². The SMILES string of the molecule is COCCN(C(=O)[C@@H]1CC[C@H](C(=O)O)C1)C(C)C. The molecule has 0 heterocycles. The monoisotopic (exact) mass is 257 g/mol. The first-order valence-corrected chi connectivity index (χ1v) is 6.49. The van der Waals surface area contributed by atoms with Gasteiger partial charge in [0.2, 0.25) is 5.91 Å². The smallest absolute Gasteiger partial charge is 0.306 e. The van der Waals surface area contributed by atoms with Crippen LogP contribution in [0.15, 0.2) is 0 Å². The van der Waals surface area contributed by atoms with Crippen molar-refractivity contribution in [3.63, 3.8) is 0 Å². The number of methoxy groups -OCH3 is 1. The van der Waals surface area contributed by atoms with E-state index in [-0.39, 0.29) is 23.8 Å². The van der Waals surface area contributed by atoms with Crippen molar-refractivity contribution in [2.24, 2.45) is 11.8 Å². The molecular formula is C13H23NO4. The molecule has 2 atom stereocenters. The van der Waals surface area contributed by atoms with Crippen LogP contribution >= 0.6 is 0 Å². The molecule has 0 aliphatic heterocycles. The van der Waals surface area contributed by atoms with E-state index in [1.54, 1.807) is 12.0 Å². The molecule has 0 saturated heterocycles. The number of nitrogens with zero attached hydrogens (tertiary/aromatic N) is 1. The summed E-state index contributed by atoms with van der Waals surface area (Å²) in [6.45, 7) is 5.02. The second-order valence-corrected chi connectivity index (χ2v) is 5.16. The Morgan fingerprint density at radius 2 is 1.94 bits per heavy atom. The predicted octanol–water partition coefficient (Wildman–Crippen LogP) is 1.37. The molecule has 104 valence electrons. The molecular weight excluding hydrogens is 234 g/mol. The molecule has 0 spiro atoms. The topological polar surface area (TPSA) is 66.8 Å². The van der Waals surface area contributed by atoms with Gasteiger partial charge in [-0.2, -0.15) is 0 Å². The summed E-state index contributed by atoms with van der Waals surface area (Å²) in [6.07, 6.45) is 1.78. The van der Waals surface area contributed by atoms with Crippen LogP contribution in [0, 0.1) is 11.8 Å². The lowest BCUT2D eigenvalue weighted by Gasteiger charge is -2.29. The first-order chi connectivity index (χ1) is 8.47. The van der Waals surface area contributed by atoms with Crippen LogP contribution in [0.4, 0.5) is 0 Å². The van der Waals surface area contributed by atoms with Crippen molar-refractivity contribution in [2.75, 3.05) is 20.3 Å². The Bertz CT molecular complexity index is 303. The summed E-state index contributed by atoms with van der Waals surface area (Å²) in [5.74, 6) is -1.19. The Morgan fingerprint density at radius 3 is 2.39 bits per heavy atom. The number of aliphatic carboxylic acids is 1. The molecule has 0 aromatic carbocycles. The number of carbonyl (C=O) groups excluding carboxylic acids is 1. The zero-order valence-corrected chi connectivity index (χ0v) is 11.4. The number of carboxylic acid groups (broad SMARTS) is 1. The summed E-state index contributed by atoms with van der Waals surface area (Å²) in [7, 11) is 1.61. The Kier molecular flexibility index (Phi) is 5.59. The minimum Gasteiger partial charge on any atom is -0.481 e. The highest BCUT2D eigenvalue weighted by atomic mass is 16.5. The molecule has 1 aliphatic rings. The Balaban J connectivity index is 2.58. The summed E-state index contributed by atoms with van der Waals surface area (Å²) in [6, 6.07) is 0.122. The number of amides is 1. The van der Waals surface area contributed by atoms with Gasteiger partial charge in [0.05, 0.1) is 12.5 Å². The predicted molar refractivity (Wildman–Crippen MR) is 67.2 cm³/mol. The van der Waals surface area contributed by atoms with Gasteiger partial charge in [-0.3, -0.25) is 9.59 Å². The number of ether oxygens (including phenoxy) is 1.